The summed E-state index contributed by atoms with van der Waals surface area (Å²) in [6, 6.07) is 17.1. The number of rotatable bonds is 3. The van der Waals surface area contributed by atoms with Gasteiger partial charge in [0.05, 0.1) is 37.7 Å². The average Bonchev–Trinajstić information content (AvgIpc) is 3.05. The number of aliphatic imine (C=N–C) groups is 1. The van der Waals surface area contributed by atoms with E-state index in [9.17, 15) is 14.3 Å². The highest BCUT2D eigenvalue weighted by Crippen LogP contribution is 2.38. The van der Waals surface area contributed by atoms with E-state index in [0.29, 0.717) is 27.6 Å². The molecule has 4 rings (SSSR count). The molecule has 0 radical (unpaired) electrons. The maximum atomic E-state index is 13.8. The van der Waals surface area contributed by atoms with E-state index in [2.05, 4.69) is 22.4 Å². The molecule has 0 aromatic heterocycles. The molecular weight excluding hydrogens is 568 g/mol. The van der Waals surface area contributed by atoms with Crippen molar-refractivity contribution < 1.29 is 14.3 Å². The molecule has 12 heteroatoms. The van der Waals surface area contributed by atoms with Gasteiger partial charge in [0, 0.05) is 11.8 Å². The van der Waals surface area contributed by atoms with Crippen LogP contribution in [0.1, 0.15) is 25.0 Å². The Balaban J connectivity index is 0.000000279. The molecule has 1 amide bonds. The summed E-state index contributed by atoms with van der Waals surface area (Å²) in [5, 5.41) is 29.9. The second kappa shape index (κ2) is 11.7. The number of hydrogen-bond acceptors (Lipinski definition) is 7. The highest BCUT2D eigenvalue weighted by atomic mass is 35.5. The first kappa shape index (κ1) is 28.7. The Morgan fingerprint density at radius 1 is 0.974 bits per heavy atom. The van der Waals surface area contributed by atoms with E-state index < -0.39 is 17.1 Å². The van der Waals surface area contributed by atoms with E-state index in [-0.39, 0.29) is 21.6 Å². The van der Waals surface area contributed by atoms with Gasteiger partial charge in [-0.1, -0.05) is 23.2 Å². The van der Waals surface area contributed by atoms with Crippen molar-refractivity contribution in [2.24, 2.45) is 4.99 Å². The van der Waals surface area contributed by atoms with Crippen LogP contribution >= 0.6 is 47.6 Å². The van der Waals surface area contributed by atoms with Crippen molar-refractivity contribution in [1.29, 1.82) is 10.5 Å². The van der Waals surface area contributed by atoms with Crippen molar-refractivity contribution in [2.75, 3.05) is 9.80 Å². The highest BCUT2D eigenvalue weighted by Gasteiger charge is 2.50. The number of anilines is 2. The predicted octanol–water partition coefficient (Wildman–Crippen LogP) is 6.92. The lowest BCUT2D eigenvalue weighted by molar-refractivity contribution is -0.120. The van der Waals surface area contributed by atoms with E-state index in [0.717, 1.165) is 6.07 Å². The van der Waals surface area contributed by atoms with Crippen LogP contribution in [-0.2, 0) is 4.79 Å². The molecule has 7 nitrogen and oxygen atoms in total. The zero-order valence-electron chi connectivity index (χ0n) is 19.7. The molecule has 190 valence electrons. The van der Waals surface area contributed by atoms with E-state index in [4.69, 9.17) is 45.9 Å². The fourth-order valence-corrected chi connectivity index (χ4v) is 4.60. The minimum Gasteiger partial charge on any atom is -0.505 e. The number of thiocarbonyl (C=S) groups is 2. The standard InChI is InChI=1S/C18H13ClFN3O2S.C8H3ClN2S/c1-18(2)16(25)22(11-4-3-10(9-21)13(19)7-11)17(26)23(18)12-5-6-15(24)14(20)8-12;9-8-3-7(11-5-12)2-1-6(8)4-10/h3-8,24H,1-2H3;1-3H. The number of nitriles is 2. The molecule has 1 heterocycles. The fraction of sp³-hybridized carbons (Fsp3) is 0.115. The summed E-state index contributed by atoms with van der Waals surface area (Å²) in [6.07, 6.45) is 0. The van der Waals surface area contributed by atoms with Crippen molar-refractivity contribution >= 4 is 80.9 Å². The molecule has 0 saturated carbocycles. The van der Waals surface area contributed by atoms with Crippen LogP contribution in [0.4, 0.5) is 21.5 Å². The third kappa shape index (κ3) is 5.66. The summed E-state index contributed by atoms with van der Waals surface area (Å²) in [5.41, 5.74) is 0.990. The number of carbonyl (C=O) groups excluding carboxylic acids is 1. The van der Waals surface area contributed by atoms with Crippen molar-refractivity contribution in [3.8, 4) is 17.9 Å². The molecule has 1 aliphatic rings. The third-order valence-corrected chi connectivity index (χ3v) is 6.52. The Morgan fingerprint density at radius 3 is 2.08 bits per heavy atom. The van der Waals surface area contributed by atoms with Gasteiger partial charge in [0.15, 0.2) is 16.7 Å². The molecule has 1 saturated heterocycles. The molecule has 3 aromatic rings. The van der Waals surface area contributed by atoms with Crippen LogP contribution in [0.5, 0.6) is 5.75 Å². The normalized spacial score (nSPS) is 13.7. The Kier molecular flexibility index (Phi) is 8.80. The lowest BCUT2D eigenvalue weighted by Crippen LogP contribution is -2.44. The van der Waals surface area contributed by atoms with Crippen molar-refractivity contribution in [2.45, 2.75) is 19.4 Å². The van der Waals surface area contributed by atoms with Crippen LogP contribution in [-0.4, -0.2) is 26.8 Å². The summed E-state index contributed by atoms with van der Waals surface area (Å²) < 4.78 is 13.8. The summed E-state index contributed by atoms with van der Waals surface area (Å²) in [5.74, 6) is -1.62. The largest absolute Gasteiger partial charge is 0.505 e. The van der Waals surface area contributed by atoms with Gasteiger partial charge >= 0.3 is 0 Å². The number of isothiocyanates is 1. The van der Waals surface area contributed by atoms with E-state index in [1.54, 1.807) is 38.1 Å². The summed E-state index contributed by atoms with van der Waals surface area (Å²) in [6.45, 7) is 3.33. The molecule has 0 atom stereocenters. The van der Waals surface area contributed by atoms with Gasteiger partial charge in [-0.2, -0.15) is 15.5 Å². The zero-order valence-corrected chi connectivity index (χ0v) is 22.9. The molecule has 1 fully saturated rings. The van der Waals surface area contributed by atoms with Crippen LogP contribution in [0.3, 0.4) is 0 Å². The lowest BCUT2D eigenvalue weighted by Gasteiger charge is -2.29. The number of benzene rings is 3. The number of phenols is 1. The highest BCUT2D eigenvalue weighted by molar-refractivity contribution is 7.81. The van der Waals surface area contributed by atoms with Gasteiger partial charge in [-0.25, -0.2) is 4.39 Å². The number of amides is 1. The predicted molar refractivity (Wildman–Crippen MR) is 152 cm³/mol. The Bertz CT molecular complexity index is 1590. The van der Waals surface area contributed by atoms with Crippen LogP contribution in [0, 0.1) is 28.5 Å². The Morgan fingerprint density at radius 2 is 1.55 bits per heavy atom. The van der Waals surface area contributed by atoms with Gasteiger partial charge < -0.3 is 10.0 Å². The smallest absolute Gasteiger partial charge is 0.259 e. The van der Waals surface area contributed by atoms with Gasteiger partial charge in [-0.05, 0) is 86.8 Å². The van der Waals surface area contributed by atoms with E-state index in [1.807, 2.05) is 12.1 Å². The number of hydrogen-bond donors (Lipinski definition) is 1. The van der Waals surface area contributed by atoms with Crippen LogP contribution in [0.15, 0.2) is 59.6 Å². The monoisotopic (exact) mass is 583 g/mol. The molecule has 0 aliphatic carbocycles. The fourth-order valence-electron chi connectivity index (χ4n) is 3.54. The van der Waals surface area contributed by atoms with Gasteiger partial charge in [-0.15, -0.1) is 0 Å². The summed E-state index contributed by atoms with van der Waals surface area (Å²) in [7, 11) is 0. The topological polar surface area (TPSA) is 104 Å². The van der Waals surface area contributed by atoms with E-state index >= 15 is 0 Å². The molecule has 0 bridgehead atoms. The van der Waals surface area contributed by atoms with Crippen LogP contribution in [0.2, 0.25) is 10.0 Å². The SMILES string of the molecule is CC1(C)C(=O)N(c2ccc(C#N)c(Cl)c2)C(=S)N1c1ccc(O)c(F)c1.N#Cc1ccc(N=C=S)cc1Cl. The van der Waals surface area contributed by atoms with Crippen LogP contribution in [0.25, 0.3) is 0 Å². The molecule has 1 N–H and O–H groups in total. The van der Waals surface area contributed by atoms with Crippen molar-refractivity contribution in [1.82, 2.24) is 0 Å². The maximum Gasteiger partial charge on any atom is 0.259 e. The summed E-state index contributed by atoms with van der Waals surface area (Å²) in [4.78, 5) is 19.5. The van der Waals surface area contributed by atoms with Gasteiger partial charge in [0.2, 0.25) is 0 Å². The first-order valence-electron chi connectivity index (χ1n) is 10.6. The number of halogens is 3. The maximum absolute atomic E-state index is 13.8. The second-order valence-electron chi connectivity index (χ2n) is 8.21. The molecule has 3 aromatic carbocycles. The molecule has 1 aliphatic heterocycles. The van der Waals surface area contributed by atoms with Gasteiger partial charge in [-0.3, -0.25) is 9.69 Å². The zero-order chi connectivity index (χ0) is 28.2. The number of nitrogens with zero attached hydrogens (tertiary/aromatic N) is 5. The first-order valence-corrected chi connectivity index (χ1v) is 12.2. The minimum atomic E-state index is -1.08. The average molecular weight is 584 g/mol. The van der Waals surface area contributed by atoms with Crippen molar-refractivity contribution in [3.63, 3.8) is 0 Å². The quantitative estimate of drug-likeness (QED) is 0.263. The molecular formula is C26H16Cl2FN5O2S2. The molecule has 0 spiro atoms. The third-order valence-electron chi connectivity index (χ3n) is 5.44. The number of aromatic hydroxyl groups is 1. The van der Waals surface area contributed by atoms with E-state index in [1.165, 1.54) is 34.1 Å². The van der Waals surface area contributed by atoms with Gasteiger partial charge in [0.1, 0.15) is 17.7 Å². The second-order valence-corrected chi connectivity index (χ2v) is 9.57. The number of phenolic OH excluding ortho intramolecular Hbond substituents is 1. The summed E-state index contributed by atoms with van der Waals surface area (Å²) >= 11 is 21.7. The van der Waals surface area contributed by atoms with Crippen LogP contribution < -0.4 is 9.80 Å². The Labute approximate surface area is 238 Å². The lowest BCUT2D eigenvalue weighted by atomic mass is 10.0. The first-order chi connectivity index (χ1) is 18.0. The van der Waals surface area contributed by atoms with Gasteiger partial charge in [0.25, 0.3) is 5.91 Å². The minimum absolute atomic E-state index is 0.144. The molecule has 38 heavy (non-hydrogen) atoms. The number of carbonyl (C=O) groups is 1. The Hall–Kier alpha value is -3.89. The van der Waals surface area contributed by atoms with Crippen molar-refractivity contribution in [3.05, 3.63) is 81.6 Å². The molecule has 0 unspecified atom stereocenters.